The van der Waals surface area contributed by atoms with Crippen molar-refractivity contribution in [3.63, 3.8) is 0 Å². The van der Waals surface area contributed by atoms with Crippen molar-refractivity contribution in [2.45, 2.75) is 12.6 Å². The third-order valence-corrected chi connectivity index (χ3v) is 4.33. The number of benzene rings is 2. The van der Waals surface area contributed by atoms with E-state index in [0.29, 0.717) is 11.3 Å². The van der Waals surface area contributed by atoms with Crippen molar-refractivity contribution < 1.29 is 22.8 Å². The minimum Gasteiger partial charge on any atom is -0.377 e. The van der Waals surface area contributed by atoms with Crippen LogP contribution in [-0.2, 0) is 11.0 Å². The Balaban J connectivity index is 1.73. The van der Waals surface area contributed by atoms with Gasteiger partial charge in [0, 0.05) is 43.4 Å². The molecule has 1 amide bonds. The average Bonchev–Trinajstić information content (AvgIpc) is 3.22. The Kier molecular flexibility index (Phi) is 5.91. The molecule has 1 aromatic heterocycles. The average molecular weight is 416 g/mol. The van der Waals surface area contributed by atoms with E-state index in [1.807, 2.05) is 0 Å². The Hall–Kier alpha value is -3.62. The molecule has 0 radical (unpaired) electrons. The number of carbonyl (C=O) groups excluding carboxylic acids is 2. The minimum absolute atomic E-state index is 0.0213. The standard InChI is InChI=1S/C21H19F3N4O2/c1-27(2)18-8-7-15(12-17(18)21(22,23)24)26-20(30)13-19(29)14-5-3-6-16(11-14)28-10-4-9-25-28/h3-12H,13H2,1-2H3,(H,26,30). The third-order valence-electron chi connectivity index (χ3n) is 4.33. The van der Waals surface area contributed by atoms with E-state index in [1.54, 1.807) is 47.4 Å². The molecular weight excluding hydrogens is 397 g/mol. The van der Waals surface area contributed by atoms with E-state index in [1.165, 1.54) is 31.1 Å². The number of carbonyl (C=O) groups is 2. The maximum absolute atomic E-state index is 13.3. The van der Waals surface area contributed by atoms with Gasteiger partial charge in [-0.25, -0.2) is 4.68 Å². The number of aromatic nitrogens is 2. The van der Waals surface area contributed by atoms with Gasteiger partial charge in [-0.15, -0.1) is 0 Å². The van der Waals surface area contributed by atoms with Crippen LogP contribution in [-0.4, -0.2) is 35.6 Å². The number of rotatable bonds is 6. The van der Waals surface area contributed by atoms with Crippen LogP contribution >= 0.6 is 0 Å². The molecule has 0 saturated carbocycles. The van der Waals surface area contributed by atoms with Gasteiger partial charge < -0.3 is 10.2 Å². The number of anilines is 2. The molecule has 0 aliphatic rings. The van der Waals surface area contributed by atoms with Gasteiger partial charge >= 0.3 is 6.18 Å². The molecule has 3 aromatic rings. The van der Waals surface area contributed by atoms with Crippen LogP contribution < -0.4 is 10.2 Å². The maximum atomic E-state index is 13.3. The highest BCUT2D eigenvalue weighted by Crippen LogP contribution is 2.37. The van der Waals surface area contributed by atoms with Crippen molar-refractivity contribution in [3.8, 4) is 5.69 Å². The van der Waals surface area contributed by atoms with Crippen LogP contribution in [0.15, 0.2) is 60.9 Å². The van der Waals surface area contributed by atoms with Gasteiger partial charge in [0.1, 0.15) is 0 Å². The van der Waals surface area contributed by atoms with E-state index in [0.717, 1.165) is 6.07 Å². The number of nitrogens with zero attached hydrogens (tertiary/aromatic N) is 3. The summed E-state index contributed by atoms with van der Waals surface area (Å²) in [6, 6.07) is 11.8. The first-order chi connectivity index (χ1) is 14.1. The summed E-state index contributed by atoms with van der Waals surface area (Å²) in [7, 11) is 3.00. The predicted molar refractivity (Wildman–Crippen MR) is 107 cm³/mol. The number of halogens is 3. The lowest BCUT2D eigenvalue weighted by atomic mass is 10.1. The van der Waals surface area contributed by atoms with Crippen LogP contribution in [0.2, 0.25) is 0 Å². The highest BCUT2D eigenvalue weighted by molar-refractivity contribution is 6.11. The number of hydrogen-bond donors (Lipinski definition) is 1. The molecule has 1 heterocycles. The molecule has 30 heavy (non-hydrogen) atoms. The lowest BCUT2D eigenvalue weighted by Crippen LogP contribution is -2.19. The fraction of sp³-hybridized carbons (Fsp3) is 0.190. The van der Waals surface area contributed by atoms with Crippen LogP contribution in [0.4, 0.5) is 24.5 Å². The summed E-state index contributed by atoms with van der Waals surface area (Å²) < 4.78 is 41.5. The summed E-state index contributed by atoms with van der Waals surface area (Å²) in [5.41, 5.74) is 0.0315. The highest BCUT2D eigenvalue weighted by Gasteiger charge is 2.34. The van der Waals surface area contributed by atoms with Gasteiger partial charge in [0.15, 0.2) is 5.78 Å². The molecular formula is C21H19F3N4O2. The van der Waals surface area contributed by atoms with Gasteiger partial charge in [-0.2, -0.15) is 18.3 Å². The summed E-state index contributed by atoms with van der Waals surface area (Å²) in [6.07, 6.45) is -1.77. The number of amides is 1. The number of ketones is 1. The lowest BCUT2D eigenvalue weighted by Gasteiger charge is -2.20. The van der Waals surface area contributed by atoms with Crippen LogP contribution in [0.5, 0.6) is 0 Å². The SMILES string of the molecule is CN(C)c1ccc(NC(=O)CC(=O)c2cccc(-n3cccn3)c2)cc1C(F)(F)F. The zero-order chi connectivity index (χ0) is 21.9. The molecule has 0 atom stereocenters. The van der Waals surface area contributed by atoms with Crippen molar-refractivity contribution in [3.05, 3.63) is 72.1 Å². The molecule has 1 N–H and O–H groups in total. The van der Waals surface area contributed by atoms with E-state index < -0.39 is 29.9 Å². The second-order valence-corrected chi connectivity index (χ2v) is 6.77. The zero-order valence-corrected chi connectivity index (χ0v) is 16.3. The quantitative estimate of drug-likeness (QED) is 0.484. The minimum atomic E-state index is -4.58. The van der Waals surface area contributed by atoms with Crippen molar-refractivity contribution in [2.75, 3.05) is 24.3 Å². The van der Waals surface area contributed by atoms with E-state index in [2.05, 4.69) is 10.4 Å². The summed E-state index contributed by atoms with van der Waals surface area (Å²) in [6.45, 7) is 0. The maximum Gasteiger partial charge on any atom is 0.418 e. The second-order valence-electron chi connectivity index (χ2n) is 6.77. The molecule has 0 fully saturated rings. The predicted octanol–water partition coefficient (Wildman–Crippen LogP) is 4.17. The molecule has 2 aromatic carbocycles. The fourth-order valence-electron chi connectivity index (χ4n) is 2.93. The van der Waals surface area contributed by atoms with Gasteiger partial charge in [0.05, 0.1) is 17.7 Å². The Morgan fingerprint density at radius 2 is 1.87 bits per heavy atom. The van der Waals surface area contributed by atoms with Gasteiger partial charge in [-0.05, 0) is 36.4 Å². The van der Waals surface area contributed by atoms with Crippen molar-refractivity contribution in [1.29, 1.82) is 0 Å². The molecule has 6 nitrogen and oxygen atoms in total. The first kappa shape index (κ1) is 21.1. The molecule has 0 bridgehead atoms. The van der Waals surface area contributed by atoms with E-state index in [4.69, 9.17) is 0 Å². The first-order valence-electron chi connectivity index (χ1n) is 8.97. The van der Waals surface area contributed by atoms with Crippen molar-refractivity contribution >= 4 is 23.1 Å². The van der Waals surface area contributed by atoms with Crippen LogP contribution in [0, 0.1) is 0 Å². The molecule has 0 unspecified atom stereocenters. The fourth-order valence-corrected chi connectivity index (χ4v) is 2.93. The van der Waals surface area contributed by atoms with Gasteiger partial charge in [-0.1, -0.05) is 12.1 Å². The summed E-state index contributed by atoms with van der Waals surface area (Å²) in [4.78, 5) is 26.0. The monoisotopic (exact) mass is 416 g/mol. The van der Waals surface area contributed by atoms with Crippen molar-refractivity contribution in [2.24, 2.45) is 0 Å². The smallest absolute Gasteiger partial charge is 0.377 e. The van der Waals surface area contributed by atoms with Crippen LogP contribution in [0.1, 0.15) is 22.3 Å². The zero-order valence-electron chi connectivity index (χ0n) is 16.3. The largest absolute Gasteiger partial charge is 0.418 e. The molecule has 0 aliphatic carbocycles. The first-order valence-corrected chi connectivity index (χ1v) is 8.97. The number of alkyl halides is 3. The Labute approximate surface area is 170 Å². The second kappa shape index (κ2) is 8.40. The summed E-state index contributed by atoms with van der Waals surface area (Å²) in [5, 5.41) is 6.45. The Bertz CT molecular complexity index is 1060. The summed E-state index contributed by atoms with van der Waals surface area (Å²) in [5.74, 6) is -1.15. The molecule has 3 rings (SSSR count). The normalized spacial score (nSPS) is 11.2. The number of hydrogen-bond acceptors (Lipinski definition) is 4. The topological polar surface area (TPSA) is 67.2 Å². The molecule has 0 aliphatic heterocycles. The van der Waals surface area contributed by atoms with E-state index in [-0.39, 0.29) is 11.4 Å². The molecule has 156 valence electrons. The molecule has 9 heteroatoms. The Morgan fingerprint density at radius 3 is 2.50 bits per heavy atom. The van der Waals surface area contributed by atoms with Gasteiger partial charge in [-0.3, -0.25) is 9.59 Å². The number of Topliss-reactive ketones (excluding diaryl/α,β-unsaturated/α-hetero) is 1. The summed E-state index contributed by atoms with van der Waals surface area (Å²) >= 11 is 0. The van der Waals surface area contributed by atoms with E-state index in [9.17, 15) is 22.8 Å². The van der Waals surface area contributed by atoms with Gasteiger partial charge in [0.2, 0.25) is 5.91 Å². The Morgan fingerprint density at radius 1 is 1.10 bits per heavy atom. The third kappa shape index (κ3) is 4.86. The molecule has 0 spiro atoms. The van der Waals surface area contributed by atoms with Crippen LogP contribution in [0.3, 0.4) is 0 Å². The molecule has 0 saturated heterocycles. The van der Waals surface area contributed by atoms with Crippen molar-refractivity contribution in [1.82, 2.24) is 9.78 Å². The van der Waals surface area contributed by atoms with Gasteiger partial charge in [0.25, 0.3) is 0 Å². The lowest BCUT2D eigenvalue weighted by molar-refractivity contribution is -0.137. The number of nitrogens with one attached hydrogen (secondary N) is 1. The van der Waals surface area contributed by atoms with E-state index >= 15 is 0 Å². The highest BCUT2D eigenvalue weighted by atomic mass is 19.4. The van der Waals surface area contributed by atoms with Crippen LogP contribution in [0.25, 0.3) is 5.69 Å².